The fraction of sp³-hybridized carbons (Fsp3) is 0.481. The van der Waals surface area contributed by atoms with Crippen LogP contribution in [-0.4, -0.2) is 89.2 Å². The highest BCUT2D eigenvalue weighted by molar-refractivity contribution is 5.92. The lowest BCUT2D eigenvalue weighted by atomic mass is 9.89. The van der Waals surface area contributed by atoms with Crippen LogP contribution in [0.4, 0.5) is 5.82 Å². The van der Waals surface area contributed by atoms with Gasteiger partial charge < -0.3 is 28.8 Å². The molecule has 1 N–H and O–H groups in total. The topological polar surface area (TPSA) is 126 Å². The maximum absolute atomic E-state index is 11.6. The highest BCUT2D eigenvalue weighted by Gasteiger charge is 2.40. The third kappa shape index (κ3) is 4.90. The Morgan fingerprint density at radius 1 is 1.18 bits per heavy atom. The number of anilines is 1. The number of rotatable bonds is 9. The Balaban J connectivity index is 1.11. The minimum atomic E-state index is -0.943. The van der Waals surface area contributed by atoms with Gasteiger partial charge in [0.15, 0.2) is 0 Å². The number of carboxylic acids is 1. The van der Waals surface area contributed by atoms with Crippen molar-refractivity contribution in [1.29, 1.82) is 5.26 Å². The number of aromatic nitrogens is 3. The van der Waals surface area contributed by atoms with Crippen LogP contribution < -0.4 is 9.64 Å². The number of ether oxygens (including phenoxy) is 3. The molecule has 0 bridgehead atoms. The van der Waals surface area contributed by atoms with E-state index in [4.69, 9.17) is 19.2 Å². The number of hydrogen-bond acceptors (Lipinski definition) is 9. The van der Waals surface area contributed by atoms with Crippen LogP contribution in [0.15, 0.2) is 36.4 Å². The van der Waals surface area contributed by atoms with Crippen LogP contribution in [0.3, 0.4) is 0 Å². The molecular weight excluding hydrogens is 488 g/mol. The van der Waals surface area contributed by atoms with Crippen molar-refractivity contribution in [3.63, 3.8) is 0 Å². The van der Waals surface area contributed by atoms with Crippen LogP contribution in [0, 0.1) is 16.7 Å². The lowest BCUT2D eigenvalue weighted by Crippen LogP contribution is -2.47. The fourth-order valence-electron chi connectivity index (χ4n) is 5.00. The monoisotopic (exact) mass is 518 g/mol. The van der Waals surface area contributed by atoms with Gasteiger partial charge in [-0.15, -0.1) is 0 Å². The number of fused-ring (bicyclic) bond motifs is 1. The molecule has 3 aromatic rings. The van der Waals surface area contributed by atoms with E-state index in [1.165, 1.54) is 0 Å². The largest absolute Gasteiger partial charge is 0.478 e. The van der Waals surface area contributed by atoms with Crippen molar-refractivity contribution < 1.29 is 24.1 Å². The average molecular weight is 519 g/mol. The molecule has 5 heterocycles. The maximum atomic E-state index is 11.6. The van der Waals surface area contributed by atoms with Crippen LogP contribution in [0.2, 0.25) is 0 Å². The van der Waals surface area contributed by atoms with Crippen molar-refractivity contribution in [2.45, 2.75) is 25.6 Å². The number of aromatic carboxylic acids is 1. The van der Waals surface area contributed by atoms with Gasteiger partial charge in [0.05, 0.1) is 55.1 Å². The standard InChI is InChI=1S/C27H30N6O5/c28-15-27(16-36-17-27)18-38-25-3-1-2-23(30-25)32-9-7-31(8-10-32)14-24-29-21-5-4-19(26(34)35)12-22(21)33(24)13-20-6-11-37-20/h1-5,12,20H,6-11,13-14,16-18H2,(H,34,35)/t20-/m0/s1. The second kappa shape index (κ2) is 10.2. The number of carbonyl (C=O) groups is 1. The first kappa shape index (κ1) is 24.6. The third-order valence-corrected chi connectivity index (χ3v) is 7.51. The summed E-state index contributed by atoms with van der Waals surface area (Å²) in [7, 11) is 0. The molecule has 11 heteroatoms. The van der Waals surface area contributed by atoms with Gasteiger partial charge in [-0.25, -0.2) is 9.78 Å². The number of pyridine rings is 1. The SMILES string of the molecule is N#CC1(COc2cccc(N3CCN(Cc4nc5ccc(C(=O)O)cc5n4C[C@@H]4CCO4)CC3)n2)COC1. The molecule has 0 unspecified atom stereocenters. The molecule has 3 saturated heterocycles. The summed E-state index contributed by atoms with van der Waals surface area (Å²) in [6.45, 7) is 6.47. The number of piperazine rings is 1. The second-order valence-electron chi connectivity index (χ2n) is 10.2. The molecule has 198 valence electrons. The quantitative estimate of drug-likeness (QED) is 0.450. The Kier molecular flexibility index (Phi) is 6.61. The van der Waals surface area contributed by atoms with E-state index in [9.17, 15) is 15.2 Å². The fourth-order valence-corrected chi connectivity index (χ4v) is 5.00. The molecule has 11 nitrogen and oxygen atoms in total. The van der Waals surface area contributed by atoms with Crippen LogP contribution in [0.1, 0.15) is 22.6 Å². The molecule has 0 spiro atoms. The van der Waals surface area contributed by atoms with Crippen molar-refractivity contribution in [3.05, 3.63) is 47.8 Å². The molecule has 0 aliphatic carbocycles. The average Bonchev–Trinajstić information content (AvgIpc) is 3.22. The van der Waals surface area contributed by atoms with E-state index < -0.39 is 11.4 Å². The summed E-state index contributed by atoms with van der Waals surface area (Å²) < 4.78 is 18.8. The molecule has 0 radical (unpaired) electrons. The van der Waals surface area contributed by atoms with Gasteiger partial charge in [-0.05, 0) is 30.7 Å². The van der Waals surface area contributed by atoms with Crippen molar-refractivity contribution in [3.8, 4) is 11.9 Å². The summed E-state index contributed by atoms with van der Waals surface area (Å²) in [5.41, 5.74) is 1.33. The molecule has 0 amide bonds. The summed E-state index contributed by atoms with van der Waals surface area (Å²) >= 11 is 0. The summed E-state index contributed by atoms with van der Waals surface area (Å²) in [5.74, 6) is 1.35. The van der Waals surface area contributed by atoms with E-state index in [1.807, 2.05) is 18.2 Å². The first-order valence-corrected chi connectivity index (χ1v) is 12.9. The lowest BCUT2D eigenvalue weighted by molar-refractivity contribution is -0.0968. The van der Waals surface area contributed by atoms with Crippen molar-refractivity contribution in [1.82, 2.24) is 19.4 Å². The molecule has 1 atom stereocenters. The summed E-state index contributed by atoms with van der Waals surface area (Å²) in [6.07, 6.45) is 1.13. The highest BCUT2D eigenvalue weighted by atomic mass is 16.5. The van der Waals surface area contributed by atoms with Crippen LogP contribution >= 0.6 is 0 Å². The number of hydrogen-bond donors (Lipinski definition) is 1. The van der Waals surface area contributed by atoms with E-state index in [0.717, 1.165) is 61.9 Å². The van der Waals surface area contributed by atoms with E-state index in [-0.39, 0.29) is 18.3 Å². The number of imidazole rings is 1. The van der Waals surface area contributed by atoms with Crippen molar-refractivity contribution in [2.24, 2.45) is 5.41 Å². The van der Waals surface area contributed by atoms with Gasteiger partial charge >= 0.3 is 5.97 Å². The number of benzene rings is 1. The maximum Gasteiger partial charge on any atom is 0.335 e. The zero-order valence-corrected chi connectivity index (χ0v) is 21.1. The van der Waals surface area contributed by atoms with Gasteiger partial charge in [0, 0.05) is 38.9 Å². The predicted molar refractivity (Wildman–Crippen MR) is 137 cm³/mol. The Hall–Kier alpha value is -3.72. The van der Waals surface area contributed by atoms with Crippen LogP contribution in [-0.2, 0) is 22.6 Å². The van der Waals surface area contributed by atoms with Gasteiger partial charge in [0.25, 0.3) is 0 Å². The minimum absolute atomic E-state index is 0.136. The molecule has 3 aliphatic heterocycles. The van der Waals surface area contributed by atoms with E-state index in [2.05, 4.69) is 25.4 Å². The van der Waals surface area contributed by atoms with Crippen LogP contribution in [0.25, 0.3) is 11.0 Å². The van der Waals surface area contributed by atoms with Gasteiger partial charge in [0.1, 0.15) is 23.7 Å². The molecule has 2 aromatic heterocycles. The first-order chi connectivity index (χ1) is 18.5. The van der Waals surface area contributed by atoms with E-state index in [1.54, 1.807) is 18.2 Å². The zero-order chi connectivity index (χ0) is 26.1. The first-order valence-electron chi connectivity index (χ1n) is 12.9. The smallest absolute Gasteiger partial charge is 0.335 e. The Labute approximate surface area is 220 Å². The van der Waals surface area contributed by atoms with Crippen molar-refractivity contribution >= 4 is 22.8 Å². The molecule has 0 saturated carbocycles. The van der Waals surface area contributed by atoms with Crippen molar-refractivity contribution in [2.75, 3.05) is 57.5 Å². The summed E-state index contributed by atoms with van der Waals surface area (Å²) in [5, 5.41) is 18.8. The highest BCUT2D eigenvalue weighted by Crippen LogP contribution is 2.28. The number of nitriles is 1. The van der Waals surface area contributed by atoms with Crippen LogP contribution in [0.5, 0.6) is 5.88 Å². The molecule has 3 fully saturated rings. The summed E-state index contributed by atoms with van der Waals surface area (Å²) in [6, 6.07) is 13.1. The molecule has 3 aliphatic rings. The van der Waals surface area contributed by atoms with Gasteiger partial charge in [-0.3, -0.25) is 4.90 Å². The molecular formula is C27H30N6O5. The van der Waals surface area contributed by atoms with Gasteiger partial charge in [-0.2, -0.15) is 10.2 Å². The molecule has 1 aromatic carbocycles. The summed E-state index contributed by atoms with van der Waals surface area (Å²) in [4.78, 5) is 25.7. The molecule has 6 rings (SSSR count). The van der Waals surface area contributed by atoms with Gasteiger partial charge in [-0.1, -0.05) is 6.07 Å². The number of nitrogens with zero attached hydrogens (tertiary/aromatic N) is 6. The Morgan fingerprint density at radius 3 is 2.66 bits per heavy atom. The normalized spacial score (nSPS) is 20.9. The second-order valence-corrected chi connectivity index (χ2v) is 10.2. The predicted octanol–water partition coefficient (Wildman–Crippen LogP) is 2.16. The number of carboxylic acid groups (broad SMARTS) is 1. The molecule has 38 heavy (non-hydrogen) atoms. The van der Waals surface area contributed by atoms with E-state index >= 15 is 0 Å². The zero-order valence-electron chi connectivity index (χ0n) is 21.1. The third-order valence-electron chi connectivity index (χ3n) is 7.51. The van der Waals surface area contributed by atoms with E-state index in [0.29, 0.717) is 32.2 Å². The van der Waals surface area contributed by atoms with Gasteiger partial charge in [0.2, 0.25) is 5.88 Å². The Bertz CT molecular complexity index is 1370. The Morgan fingerprint density at radius 2 is 2.00 bits per heavy atom. The minimum Gasteiger partial charge on any atom is -0.478 e. The lowest BCUT2D eigenvalue weighted by Gasteiger charge is -2.36.